The van der Waals surface area contributed by atoms with Gasteiger partial charge in [-0.05, 0) is 53.6 Å². The van der Waals surface area contributed by atoms with Crippen LogP contribution in [0.25, 0.3) is 0 Å². The van der Waals surface area contributed by atoms with E-state index < -0.39 is 0 Å². The first-order valence-corrected chi connectivity index (χ1v) is 12.2. The number of ether oxygens (including phenoxy) is 2. The van der Waals surface area contributed by atoms with E-state index in [1.165, 1.54) is 5.56 Å². The van der Waals surface area contributed by atoms with Gasteiger partial charge < -0.3 is 9.47 Å². The highest BCUT2D eigenvalue weighted by Gasteiger charge is 2.40. The second kappa shape index (κ2) is 8.99. The summed E-state index contributed by atoms with van der Waals surface area (Å²) < 4.78 is 13.5. The molecule has 0 N–H and O–H groups in total. The lowest BCUT2D eigenvalue weighted by atomic mass is 9.96. The van der Waals surface area contributed by atoms with E-state index in [0.717, 1.165) is 44.8 Å². The van der Waals surface area contributed by atoms with Crippen LogP contribution < -0.4 is 9.47 Å². The van der Waals surface area contributed by atoms with Gasteiger partial charge in [0.25, 0.3) is 0 Å². The van der Waals surface area contributed by atoms with Gasteiger partial charge in [0.1, 0.15) is 18.1 Å². The number of hydrogen-bond donors (Lipinski definition) is 0. The topological polar surface area (TPSA) is 34.1 Å². The summed E-state index contributed by atoms with van der Waals surface area (Å²) >= 11 is 3.53. The average molecular weight is 511 g/mol. The molecule has 2 aliphatic rings. The normalized spacial score (nSPS) is 18.5. The number of halogens is 1. The number of rotatable bonds is 5. The van der Waals surface area contributed by atoms with Crippen molar-refractivity contribution in [1.29, 1.82) is 0 Å². The van der Waals surface area contributed by atoms with Crippen molar-refractivity contribution in [2.24, 2.45) is 5.10 Å². The van der Waals surface area contributed by atoms with Crippen LogP contribution in [0.2, 0.25) is 0 Å². The largest absolute Gasteiger partial charge is 0.489 e. The molecule has 34 heavy (non-hydrogen) atoms. The number of nitrogens with zero attached hydrogens (tertiary/aromatic N) is 2. The summed E-state index contributed by atoms with van der Waals surface area (Å²) in [6, 6.07) is 35.1. The summed E-state index contributed by atoms with van der Waals surface area (Å²) in [5, 5.41) is 7.15. The first kappa shape index (κ1) is 21.0. The lowest BCUT2D eigenvalue weighted by Gasteiger charge is -2.38. The fourth-order valence-corrected chi connectivity index (χ4v) is 4.80. The fraction of sp³-hybridized carbons (Fsp3) is 0.138. The average Bonchev–Trinajstić information content (AvgIpc) is 3.34. The van der Waals surface area contributed by atoms with Crippen LogP contribution in [0, 0.1) is 0 Å². The van der Waals surface area contributed by atoms with Crippen molar-refractivity contribution >= 4 is 21.6 Å². The van der Waals surface area contributed by atoms with Gasteiger partial charge in [0.05, 0.1) is 11.8 Å². The van der Waals surface area contributed by atoms with Crippen molar-refractivity contribution in [3.63, 3.8) is 0 Å². The summed E-state index contributed by atoms with van der Waals surface area (Å²) in [5.74, 6) is 1.76. The molecule has 4 aromatic carbocycles. The highest BCUT2D eigenvalue weighted by molar-refractivity contribution is 9.10. The van der Waals surface area contributed by atoms with E-state index in [1.807, 2.05) is 36.4 Å². The zero-order valence-electron chi connectivity index (χ0n) is 18.5. The van der Waals surface area contributed by atoms with Crippen LogP contribution in [0.15, 0.2) is 113 Å². The minimum atomic E-state index is -0.295. The predicted octanol–water partition coefficient (Wildman–Crippen LogP) is 7.27. The van der Waals surface area contributed by atoms with E-state index in [4.69, 9.17) is 14.6 Å². The summed E-state index contributed by atoms with van der Waals surface area (Å²) in [6.07, 6.45) is 0.549. The monoisotopic (exact) mass is 510 g/mol. The van der Waals surface area contributed by atoms with E-state index in [2.05, 4.69) is 87.7 Å². The summed E-state index contributed by atoms with van der Waals surface area (Å²) in [6.45, 7) is 0.544. The minimum Gasteiger partial charge on any atom is -0.489 e. The van der Waals surface area contributed by atoms with Crippen molar-refractivity contribution in [2.45, 2.75) is 25.3 Å². The number of para-hydroxylation sites is 1. The van der Waals surface area contributed by atoms with Gasteiger partial charge in [-0.3, -0.25) is 0 Å². The van der Waals surface area contributed by atoms with Gasteiger partial charge in [-0.25, -0.2) is 5.01 Å². The number of fused-ring (bicyclic) bond motifs is 3. The molecule has 4 nitrogen and oxygen atoms in total. The van der Waals surface area contributed by atoms with Gasteiger partial charge >= 0.3 is 0 Å². The number of hydrogen-bond acceptors (Lipinski definition) is 4. The maximum absolute atomic E-state index is 6.47. The highest BCUT2D eigenvalue weighted by Crippen LogP contribution is 2.47. The van der Waals surface area contributed by atoms with Crippen LogP contribution in [0.4, 0.5) is 0 Å². The summed E-state index contributed by atoms with van der Waals surface area (Å²) in [5.41, 5.74) is 5.59. The molecule has 2 atom stereocenters. The SMILES string of the molecule is Brc1ccc(C2=NN3[C@H](C2)c2ccccc2O[C@H]3c2ccc(OCc3ccccc3)cc2)cc1. The van der Waals surface area contributed by atoms with Crippen molar-refractivity contribution in [2.75, 3.05) is 0 Å². The van der Waals surface area contributed by atoms with Gasteiger partial charge in [0.2, 0.25) is 6.23 Å². The van der Waals surface area contributed by atoms with Crippen LogP contribution in [0.5, 0.6) is 11.5 Å². The van der Waals surface area contributed by atoms with Crippen LogP contribution in [0.1, 0.15) is 40.9 Å². The Balaban J connectivity index is 1.28. The Morgan fingerprint density at radius 2 is 1.59 bits per heavy atom. The lowest BCUT2D eigenvalue weighted by Crippen LogP contribution is -2.33. The molecule has 5 heteroatoms. The Kier molecular flexibility index (Phi) is 5.55. The van der Waals surface area contributed by atoms with Gasteiger partial charge in [-0.1, -0.05) is 76.6 Å². The van der Waals surface area contributed by atoms with Crippen LogP contribution in [-0.4, -0.2) is 10.7 Å². The summed E-state index contributed by atoms with van der Waals surface area (Å²) in [7, 11) is 0. The molecule has 0 aliphatic carbocycles. The van der Waals surface area contributed by atoms with E-state index in [-0.39, 0.29) is 12.3 Å². The van der Waals surface area contributed by atoms with E-state index in [1.54, 1.807) is 0 Å². The molecule has 0 unspecified atom stereocenters. The molecule has 0 saturated heterocycles. The van der Waals surface area contributed by atoms with Gasteiger partial charge in [0, 0.05) is 22.0 Å². The van der Waals surface area contributed by atoms with Crippen molar-refractivity contribution in [3.05, 3.63) is 130 Å². The van der Waals surface area contributed by atoms with Gasteiger partial charge in [0.15, 0.2) is 0 Å². The molecule has 6 rings (SSSR count). The second-order valence-corrected chi connectivity index (χ2v) is 9.42. The maximum atomic E-state index is 6.47. The molecule has 0 fully saturated rings. The van der Waals surface area contributed by atoms with Crippen LogP contribution in [0.3, 0.4) is 0 Å². The molecule has 2 aliphatic heterocycles. The third-order valence-corrected chi connectivity index (χ3v) is 6.82. The molecular weight excluding hydrogens is 488 g/mol. The molecule has 0 spiro atoms. The number of hydrazone groups is 1. The zero-order chi connectivity index (χ0) is 22.9. The predicted molar refractivity (Wildman–Crippen MR) is 137 cm³/mol. The highest BCUT2D eigenvalue weighted by atomic mass is 79.9. The Hall–Kier alpha value is -3.57. The second-order valence-electron chi connectivity index (χ2n) is 8.50. The summed E-state index contributed by atoms with van der Waals surface area (Å²) in [4.78, 5) is 0. The molecule has 0 aromatic heterocycles. The fourth-order valence-electron chi connectivity index (χ4n) is 4.54. The van der Waals surface area contributed by atoms with E-state index >= 15 is 0 Å². The van der Waals surface area contributed by atoms with Crippen molar-refractivity contribution < 1.29 is 9.47 Å². The first-order valence-electron chi connectivity index (χ1n) is 11.4. The van der Waals surface area contributed by atoms with E-state index in [0.29, 0.717) is 6.61 Å². The molecule has 4 aromatic rings. The molecule has 0 saturated carbocycles. The molecule has 0 amide bonds. The Morgan fingerprint density at radius 3 is 2.38 bits per heavy atom. The molecule has 0 radical (unpaired) electrons. The first-order chi connectivity index (χ1) is 16.7. The molecule has 2 heterocycles. The number of benzene rings is 4. The Bertz CT molecular complexity index is 1320. The lowest BCUT2D eigenvalue weighted by molar-refractivity contribution is -0.0190. The van der Waals surface area contributed by atoms with Crippen molar-refractivity contribution in [1.82, 2.24) is 5.01 Å². The van der Waals surface area contributed by atoms with Gasteiger partial charge in [-0.2, -0.15) is 5.10 Å². The molecule has 0 bridgehead atoms. The standard InChI is InChI=1S/C29H23BrN2O2/c30-23-14-10-21(11-15-23)26-18-27-25-8-4-5-9-28(25)34-29(32(27)31-26)22-12-16-24(17-13-22)33-19-20-6-2-1-3-7-20/h1-17,27,29H,18-19H2/t27-,29+/m1/s1. The van der Waals surface area contributed by atoms with Crippen molar-refractivity contribution in [3.8, 4) is 11.5 Å². The third kappa shape index (κ3) is 4.08. The van der Waals surface area contributed by atoms with Crippen LogP contribution >= 0.6 is 15.9 Å². The quantitative estimate of drug-likeness (QED) is 0.283. The minimum absolute atomic E-state index is 0.141. The Morgan fingerprint density at radius 1 is 0.853 bits per heavy atom. The van der Waals surface area contributed by atoms with Crippen LogP contribution in [-0.2, 0) is 6.61 Å². The Labute approximate surface area is 207 Å². The van der Waals surface area contributed by atoms with Gasteiger partial charge in [-0.15, -0.1) is 0 Å². The molecular formula is C29H23BrN2O2. The molecule has 168 valence electrons. The third-order valence-electron chi connectivity index (χ3n) is 6.29. The smallest absolute Gasteiger partial charge is 0.213 e. The zero-order valence-corrected chi connectivity index (χ0v) is 20.1. The maximum Gasteiger partial charge on any atom is 0.213 e. The van der Waals surface area contributed by atoms with E-state index in [9.17, 15) is 0 Å².